The molecule has 0 atom stereocenters. The van der Waals surface area contributed by atoms with E-state index in [4.69, 9.17) is 4.65 Å². The third-order valence-electron chi connectivity index (χ3n) is 3.98. The molecule has 0 aliphatic carbocycles. The average Bonchev–Trinajstić information content (AvgIpc) is 3.23. The maximum absolute atomic E-state index is 12.4. The molecule has 3 aromatic rings. The molecule has 0 bridgehead atoms. The lowest BCUT2D eigenvalue weighted by Gasteiger charge is -2.04. The van der Waals surface area contributed by atoms with Crippen LogP contribution in [0.2, 0.25) is 0 Å². The van der Waals surface area contributed by atoms with Crippen molar-refractivity contribution in [3.05, 3.63) is 65.7 Å². The van der Waals surface area contributed by atoms with Crippen LogP contribution < -0.4 is 10.8 Å². The number of hydrogen-bond donors (Lipinski definition) is 3. The van der Waals surface area contributed by atoms with Crippen LogP contribution in [-0.2, 0) is 11.3 Å². The van der Waals surface area contributed by atoms with Crippen LogP contribution in [0.25, 0.3) is 11.3 Å². The fourth-order valence-electron chi connectivity index (χ4n) is 2.70. The second-order valence-electron chi connectivity index (χ2n) is 5.56. The molecule has 1 amide bonds. The monoisotopic (exact) mass is 319 g/mol. The number of aromatic nitrogens is 2. The Balaban J connectivity index is 1.53. The van der Waals surface area contributed by atoms with E-state index in [-0.39, 0.29) is 5.91 Å². The minimum atomic E-state index is -0.970. The maximum atomic E-state index is 12.4. The highest BCUT2D eigenvalue weighted by Gasteiger charge is 2.28. The van der Waals surface area contributed by atoms with Crippen molar-refractivity contribution in [1.82, 2.24) is 10.2 Å². The lowest BCUT2D eigenvalue weighted by atomic mass is 9.79. The van der Waals surface area contributed by atoms with E-state index in [2.05, 4.69) is 15.5 Å². The van der Waals surface area contributed by atoms with E-state index in [1.807, 2.05) is 30.3 Å². The van der Waals surface area contributed by atoms with Crippen molar-refractivity contribution < 1.29 is 14.5 Å². The SMILES string of the molecule is O=C(Nc1cc(-c2ccccc2)[nH]n1)c1ccc2c(c1)B(O)OC2. The average molecular weight is 319 g/mol. The minimum absolute atomic E-state index is 0.289. The van der Waals surface area contributed by atoms with Gasteiger partial charge in [-0.1, -0.05) is 36.4 Å². The number of benzene rings is 2. The molecule has 24 heavy (non-hydrogen) atoms. The highest BCUT2D eigenvalue weighted by Crippen LogP contribution is 2.19. The summed E-state index contributed by atoms with van der Waals surface area (Å²) in [5, 5.41) is 19.5. The van der Waals surface area contributed by atoms with Gasteiger partial charge < -0.3 is 15.0 Å². The van der Waals surface area contributed by atoms with Gasteiger partial charge in [0.05, 0.1) is 12.3 Å². The molecule has 6 nitrogen and oxygen atoms in total. The van der Waals surface area contributed by atoms with Crippen LogP contribution in [0.1, 0.15) is 15.9 Å². The summed E-state index contributed by atoms with van der Waals surface area (Å²) in [6.45, 7) is 0.359. The normalized spacial score (nSPS) is 13.0. The van der Waals surface area contributed by atoms with Crippen LogP contribution in [0.4, 0.5) is 5.82 Å². The summed E-state index contributed by atoms with van der Waals surface area (Å²) < 4.78 is 5.14. The molecule has 1 aliphatic rings. The van der Waals surface area contributed by atoms with Gasteiger partial charge in [-0.25, -0.2) is 0 Å². The van der Waals surface area contributed by atoms with Gasteiger partial charge in [0.15, 0.2) is 5.82 Å². The summed E-state index contributed by atoms with van der Waals surface area (Å²) in [5.74, 6) is 0.152. The van der Waals surface area contributed by atoms with Crippen molar-refractivity contribution >= 4 is 24.3 Å². The van der Waals surface area contributed by atoms with Crippen LogP contribution in [0.5, 0.6) is 0 Å². The zero-order chi connectivity index (χ0) is 16.5. The lowest BCUT2D eigenvalue weighted by molar-refractivity contribution is 0.102. The molecule has 0 unspecified atom stereocenters. The zero-order valence-corrected chi connectivity index (χ0v) is 12.7. The summed E-state index contributed by atoms with van der Waals surface area (Å²) in [4.78, 5) is 12.4. The van der Waals surface area contributed by atoms with Crippen molar-refractivity contribution in [3.8, 4) is 11.3 Å². The van der Waals surface area contributed by atoms with Gasteiger partial charge >= 0.3 is 7.12 Å². The Kier molecular flexibility index (Phi) is 3.64. The highest BCUT2D eigenvalue weighted by molar-refractivity contribution is 6.61. The van der Waals surface area contributed by atoms with Crippen LogP contribution in [0.3, 0.4) is 0 Å². The fraction of sp³-hybridized carbons (Fsp3) is 0.0588. The number of nitrogens with zero attached hydrogens (tertiary/aromatic N) is 1. The Hall–Kier alpha value is -2.90. The maximum Gasteiger partial charge on any atom is 0.491 e. The van der Waals surface area contributed by atoms with Crippen LogP contribution >= 0.6 is 0 Å². The molecule has 4 rings (SSSR count). The Labute approximate surface area is 138 Å². The quantitative estimate of drug-likeness (QED) is 0.639. The zero-order valence-electron chi connectivity index (χ0n) is 12.7. The first-order valence-corrected chi connectivity index (χ1v) is 7.55. The van der Waals surface area contributed by atoms with Gasteiger partial charge in [0.1, 0.15) is 0 Å². The number of H-pyrrole nitrogens is 1. The minimum Gasteiger partial charge on any atom is -0.423 e. The molecule has 0 fully saturated rings. The number of carbonyl (C=O) groups is 1. The van der Waals surface area contributed by atoms with E-state index >= 15 is 0 Å². The van der Waals surface area contributed by atoms with E-state index in [1.165, 1.54) is 0 Å². The molecule has 2 heterocycles. The predicted octanol–water partition coefficient (Wildman–Crippen LogP) is 1.55. The molecule has 1 aromatic heterocycles. The summed E-state index contributed by atoms with van der Waals surface area (Å²) in [7, 11) is -0.970. The van der Waals surface area contributed by atoms with Crippen LogP contribution in [0.15, 0.2) is 54.6 Å². The van der Waals surface area contributed by atoms with Gasteiger partial charge in [0.2, 0.25) is 0 Å². The summed E-state index contributed by atoms with van der Waals surface area (Å²) >= 11 is 0. The van der Waals surface area contributed by atoms with E-state index in [0.29, 0.717) is 23.5 Å². The number of aromatic amines is 1. The summed E-state index contributed by atoms with van der Waals surface area (Å²) in [6.07, 6.45) is 0. The number of amides is 1. The van der Waals surface area contributed by atoms with E-state index in [9.17, 15) is 9.82 Å². The summed E-state index contributed by atoms with van der Waals surface area (Å²) in [5.41, 5.74) is 3.79. The third kappa shape index (κ3) is 2.71. The van der Waals surface area contributed by atoms with E-state index < -0.39 is 7.12 Å². The van der Waals surface area contributed by atoms with Gasteiger partial charge in [-0.05, 0) is 28.7 Å². The van der Waals surface area contributed by atoms with Crippen molar-refractivity contribution in [2.24, 2.45) is 0 Å². The molecule has 0 saturated carbocycles. The van der Waals surface area contributed by atoms with Gasteiger partial charge in [0, 0.05) is 11.6 Å². The Morgan fingerprint density at radius 2 is 2.04 bits per heavy atom. The first kappa shape index (κ1) is 14.7. The van der Waals surface area contributed by atoms with Crippen molar-refractivity contribution in [1.29, 1.82) is 0 Å². The molecular weight excluding hydrogens is 305 g/mol. The van der Waals surface area contributed by atoms with Gasteiger partial charge in [-0.15, -0.1) is 0 Å². The number of fused-ring (bicyclic) bond motifs is 1. The number of rotatable bonds is 3. The Morgan fingerprint density at radius 3 is 2.88 bits per heavy atom. The smallest absolute Gasteiger partial charge is 0.423 e. The molecule has 118 valence electrons. The second-order valence-corrected chi connectivity index (χ2v) is 5.56. The van der Waals surface area contributed by atoms with Crippen molar-refractivity contribution in [2.75, 3.05) is 5.32 Å². The standard InChI is InChI=1S/C17H14BN3O3/c22-17(12-6-7-13-10-24-18(23)14(13)8-12)19-16-9-15(20-21-16)11-4-2-1-3-5-11/h1-9,23H,10H2,(H2,19,20,21,22). The Morgan fingerprint density at radius 1 is 1.21 bits per heavy atom. The van der Waals surface area contributed by atoms with Crippen molar-refractivity contribution in [2.45, 2.75) is 6.61 Å². The number of carbonyl (C=O) groups excluding carboxylic acids is 1. The highest BCUT2D eigenvalue weighted by atomic mass is 16.5. The molecule has 3 N–H and O–H groups in total. The molecule has 2 aromatic carbocycles. The Bertz CT molecular complexity index is 895. The fourth-order valence-corrected chi connectivity index (χ4v) is 2.70. The third-order valence-corrected chi connectivity index (χ3v) is 3.98. The number of nitrogens with one attached hydrogen (secondary N) is 2. The topological polar surface area (TPSA) is 87.2 Å². The van der Waals surface area contributed by atoms with Crippen LogP contribution in [-0.4, -0.2) is 28.2 Å². The van der Waals surface area contributed by atoms with Crippen LogP contribution in [0, 0.1) is 0 Å². The molecular formula is C17H14BN3O3. The first-order valence-electron chi connectivity index (χ1n) is 7.55. The molecule has 1 aliphatic heterocycles. The lowest BCUT2D eigenvalue weighted by Crippen LogP contribution is -2.29. The van der Waals surface area contributed by atoms with E-state index in [0.717, 1.165) is 16.8 Å². The van der Waals surface area contributed by atoms with E-state index in [1.54, 1.807) is 24.3 Å². The number of anilines is 1. The first-order chi connectivity index (χ1) is 11.7. The van der Waals surface area contributed by atoms with Gasteiger partial charge in [0.25, 0.3) is 5.91 Å². The molecule has 0 saturated heterocycles. The largest absolute Gasteiger partial charge is 0.491 e. The van der Waals surface area contributed by atoms with Gasteiger partial charge in [-0.3, -0.25) is 9.89 Å². The summed E-state index contributed by atoms with van der Waals surface area (Å²) in [6, 6.07) is 16.7. The number of hydrogen-bond acceptors (Lipinski definition) is 4. The second kappa shape index (κ2) is 5.95. The molecule has 7 heteroatoms. The van der Waals surface area contributed by atoms with Gasteiger partial charge in [-0.2, -0.15) is 5.10 Å². The molecule has 0 spiro atoms. The molecule has 0 radical (unpaired) electrons. The predicted molar refractivity (Wildman–Crippen MR) is 90.8 cm³/mol. The van der Waals surface area contributed by atoms with Crippen molar-refractivity contribution in [3.63, 3.8) is 0 Å².